The van der Waals surface area contributed by atoms with Crippen molar-refractivity contribution in [3.8, 4) is 5.75 Å². The molecule has 0 spiro atoms. The summed E-state index contributed by atoms with van der Waals surface area (Å²) in [5.41, 5.74) is 4.13. The van der Waals surface area contributed by atoms with Crippen LogP contribution < -0.4 is 10.1 Å². The Morgan fingerprint density at radius 1 is 0.967 bits per heavy atom. The fourth-order valence-electron chi connectivity index (χ4n) is 3.64. The Balaban J connectivity index is 1.55. The van der Waals surface area contributed by atoms with E-state index in [2.05, 4.69) is 28.1 Å². The van der Waals surface area contributed by atoms with E-state index in [1.54, 1.807) is 7.11 Å². The van der Waals surface area contributed by atoms with Crippen LogP contribution in [0.2, 0.25) is 0 Å². The quantitative estimate of drug-likeness (QED) is 0.497. The highest BCUT2D eigenvalue weighted by atomic mass is 16.5. The van der Waals surface area contributed by atoms with E-state index in [1.165, 1.54) is 5.56 Å². The molecule has 0 bridgehead atoms. The maximum absolute atomic E-state index is 12.7. The van der Waals surface area contributed by atoms with Gasteiger partial charge in [-0.25, -0.2) is 4.98 Å². The van der Waals surface area contributed by atoms with Gasteiger partial charge in [-0.1, -0.05) is 54.6 Å². The van der Waals surface area contributed by atoms with Gasteiger partial charge in [0.05, 0.1) is 30.6 Å². The average molecular weight is 399 g/mol. The van der Waals surface area contributed by atoms with Crippen molar-refractivity contribution in [2.75, 3.05) is 7.11 Å². The molecule has 4 aromatic rings. The number of nitrogens with one attached hydrogen (secondary N) is 1. The third-order valence-electron chi connectivity index (χ3n) is 5.16. The molecule has 0 aliphatic carbocycles. The highest BCUT2D eigenvalue weighted by Gasteiger charge is 2.18. The summed E-state index contributed by atoms with van der Waals surface area (Å²) in [6.45, 7) is 2.68. The third-order valence-corrected chi connectivity index (χ3v) is 5.16. The van der Waals surface area contributed by atoms with E-state index < -0.39 is 0 Å². The zero-order valence-corrected chi connectivity index (χ0v) is 17.2. The molecule has 3 aromatic carbocycles. The largest absolute Gasteiger partial charge is 0.497 e. The van der Waals surface area contributed by atoms with E-state index in [1.807, 2.05) is 67.6 Å². The monoisotopic (exact) mass is 399 g/mol. The standard InChI is InChI=1S/C25H25N3O2/c1-18(26-24(29)16-19-12-14-21(30-2)15-13-19)25-27-22-10-6-7-11-23(22)28(25)17-20-8-4-3-5-9-20/h3-15,18H,16-17H2,1-2H3,(H,26,29). The number of fused-ring (bicyclic) bond motifs is 1. The normalized spacial score (nSPS) is 11.9. The lowest BCUT2D eigenvalue weighted by Gasteiger charge is -2.17. The SMILES string of the molecule is COc1ccc(CC(=O)NC(C)c2nc3ccccc3n2Cc2ccccc2)cc1. The Kier molecular flexibility index (Phi) is 5.80. The number of carbonyl (C=O) groups excluding carboxylic acids is 1. The molecule has 152 valence electrons. The summed E-state index contributed by atoms with van der Waals surface area (Å²) < 4.78 is 7.36. The van der Waals surface area contributed by atoms with Crippen LogP contribution in [0.4, 0.5) is 0 Å². The van der Waals surface area contributed by atoms with Crippen LogP contribution in [0.5, 0.6) is 5.75 Å². The maximum Gasteiger partial charge on any atom is 0.224 e. The Labute approximate surface area is 176 Å². The lowest BCUT2D eigenvalue weighted by atomic mass is 10.1. The fraction of sp³-hybridized carbons (Fsp3) is 0.200. The Bertz CT molecular complexity index is 1130. The van der Waals surface area contributed by atoms with Crippen molar-refractivity contribution >= 4 is 16.9 Å². The summed E-state index contributed by atoms with van der Waals surface area (Å²) in [5.74, 6) is 1.59. The Morgan fingerprint density at radius 2 is 1.67 bits per heavy atom. The molecule has 1 amide bonds. The molecule has 0 saturated carbocycles. The van der Waals surface area contributed by atoms with Crippen LogP contribution in [0.3, 0.4) is 0 Å². The minimum atomic E-state index is -0.216. The first-order valence-corrected chi connectivity index (χ1v) is 10.1. The molecular formula is C25H25N3O2. The molecule has 30 heavy (non-hydrogen) atoms. The van der Waals surface area contributed by atoms with Crippen LogP contribution in [0.1, 0.15) is 29.9 Å². The lowest BCUT2D eigenvalue weighted by Crippen LogP contribution is -2.30. The fourth-order valence-corrected chi connectivity index (χ4v) is 3.64. The second-order valence-electron chi connectivity index (χ2n) is 7.34. The van der Waals surface area contributed by atoms with Crippen LogP contribution in [0.25, 0.3) is 11.0 Å². The molecular weight excluding hydrogens is 374 g/mol. The maximum atomic E-state index is 12.7. The predicted octanol–water partition coefficient (Wildman–Crippen LogP) is 4.51. The first-order valence-electron chi connectivity index (χ1n) is 10.1. The molecule has 1 atom stereocenters. The number of carbonyl (C=O) groups is 1. The lowest BCUT2D eigenvalue weighted by molar-refractivity contribution is -0.121. The molecule has 4 rings (SSSR count). The van der Waals surface area contributed by atoms with Gasteiger partial charge in [-0.15, -0.1) is 0 Å². The van der Waals surface area contributed by atoms with Crippen molar-refractivity contribution in [3.63, 3.8) is 0 Å². The number of nitrogens with zero attached hydrogens (tertiary/aromatic N) is 2. The van der Waals surface area contributed by atoms with Gasteiger partial charge in [0.25, 0.3) is 0 Å². The average Bonchev–Trinajstić information content (AvgIpc) is 3.13. The summed E-state index contributed by atoms with van der Waals surface area (Å²) in [5, 5.41) is 3.11. The minimum absolute atomic E-state index is 0.0361. The number of imidazole rings is 1. The summed E-state index contributed by atoms with van der Waals surface area (Å²) in [4.78, 5) is 17.5. The molecule has 0 aliphatic heterocycles. The molecule has 5 heteroatoms. The van der Waals surface area contributed by atoms with Gasteiger partial charge in [-0.05, 0) is 42.3 Å². The van der Waals surface area contributed by atoms with Gasteiger partial charge in [0.15, 0.2) is 0 Å². The molecule has 0 aliphatic rings. The zero-order chi connectivity index (χ0) is 20.9. The Morgan fingerprint density at radius 3 is 2.40 bits per heavy atom. The second kappa shape index (κ2) is 8.82. The summed E-state index contributed by atoms with van der Waals surface area (Å²) in [6.07, 6.45) is 0.313. The van der Waals surface area contributed by atoms with Crippen LogP contribution >= 0.6 is 0 Å². The van der Waals surface area contributed by atoms with E-state index >= 15 is 0 Å². The number of para-hydroxylation sites is 2. The van der Waals surface area contributed by atoms with Gasteiger partial charge in [0.1, 0.15) is 11.6 Å². The molecule has 1 N–H and O–H groups in total. The van der Waals surface area contributed by atoms with Crippen molar-refractivity contribution in [3.05, 3.63) is 95.8 Å². The second-order valence-corrected chi connectivity index (χ2v) is 7.34. The first-order chi connectivity index (χ1) is 14.6. The van der Waals surface area contributed by atoms with Crippen LogP contribution in [0.15, 0.2) is 78.9 Å². The summed E-state index contributed by atoms with van der Waals surface area (Å²) >= 11 is 0. The number of benzene rings is 3. The van der Waals surface area contributed by atoms with E-state index in [0.717, 1.165) is 28.2 Å². The van der Waals surface area contributed by atoms with Gasteiger partial charge in [0.2, 0.25) is 5.91 Å². The van der Waals surface area contributed by atoms with Gasteiger partial charge < -0.3 is 14.6 Å². The highest BCUT2D eigenvalue weighted by Crippen LogP contribution is 2.22. The number of aromatic nitrogens is 2. The smallest absolute Gasteiger partial charge is 0.224 e. The third kappa shape index (κ3) is 4.35. The van der Waals surface area contributed by atoms with Crippen LogP contribution in [-0.4, -0.2) is 22.6 Å². The molecule has 1 heterocycles. The van der Waals surface area contributed by atoms with Crippen molar-refractivity contribution in [2.45, 2.75) is 25.9 Å². The van der Waals surface area contributed by atoms with Gasteiger partial charge in [-0.3, -0.25) is 4.79 Å². The summed E-state index contributed by atoms with van der Waals surface area (Å²) in [7, 11) is 1.63. The van der Waals surface area contributed by atoms with E-state index in [4.69, 9.17) is 9.72 Å². The van der Waals surface area contributed by atoms with E-state index in [-0.39, 0.29) is 11.9 Å². The van der Waals surface area contributed by atoms with Gasteiger partial charge >= 0.3 is 0 Å². The predicted molar refractivity (Wildman–Crippen MR) is 119 cm³/mol. The Hall–Kier alpha value is -3.60. The number of ether oxygens (including phenoxy) is 1. The van der Waals surface area contributed by atoms with E-state index in [0.29, 0.717) is 13.0 Å². The molecule has 0 fully saturated rings. The van der Waals surface area contributed by atoms with Crippen LogP contribution in [-0.2, 0) is 17.8 Å². The minimum Gasteiger partial charge on any atom is -0.497 e. The number of rotatable bonds is 7. The molecule has 5 nitrogen and oxygen atoms in total. The topological polar surface area (TPSA) is 56.1 Å². The van der Waals surface area contributed by atoms with Gasteiger partial charge in [0, 0.05) is 6.54 Å². The van der Waals surface area contributed by atoms with Crippen molar-refractivity contribution in [1.82, 2.24) is 14.9 Å². The van der Waals surface area contributed by atoms with E-state index in [9.17, 15) is 4.79 Å². The number of amides is 1. The molecule has 1 aromatic heterocycles. The number of hydrogen-bond donors (Lipinski definition) is 1. The molecule has 0 radical (unpaired) electrons. The van der Waals surface area contributed by atoms with Crippen molar-refractivity contribution in [2.24, 2.45) is 0 Å². The number of hydrogen-bond acceptors (Lipinski definition) is 3. The summed E-state index contributed by atoms with van der Waals surface area (Å²) in [6, 6.07) is 25.7. The molecule has 1 unspecified atom stereocenters. The highest BCUT2D eigenvalue weighted by molar-refractivity contribution is 5.80. The zero-order valence-electron chi connectivity index (χ0n) is 17.2. The van der Waals surface area contributed by atoms with Crippen molar-refractivity contribution < 1.29 is 9.53 Å². The molecule has 0 saturated heterocycles. The van der Waals surface area contributed by atoms with Gasteiger partial charge in [-0.2, -0.15) is 0 Å². The van der Waals surface area contributed by atoms with Crippen molar-refractivity contribution in [1.29, 1.82) is 0 Å². The first kappa shape index (κ1) is 19.7. The van der Waals surface area contributed by atoms with Crippen LogP contribution in [0, 0.1) is 0 Å². The number of methoxy groups -OCH3 is 1.